The van der Waals surface area contributed by atoms with Gasteiger partial charge in [-0.1, -0.05) is 35.9 Å². The van der Waals surface area contributed by atoms with Gasteiger partial charge in [0, 0.05) is 23.8 Å². The molecule has 4 aliphatic rings. The molecule has 4 heterocycles. The van der Waals surface area contributed by atoms with Gasteiger partial charge in [-0.25, -0.2) is 4.90 Å². The van der Waals surface area contributed by atoms with E-state index < -0.39 is 17.4 Å². The lowest BCUT2D eigenvalue weighted by atomic mass is 9.75. The molecule has 3 amide bonds. The summed E-state index contributed by atoms with van der Waals surface area (Å²) in [6.07, 6.45) is 1.77. The molecule has 0 N–H and O–H groups in total. The molecule has 6 heteroatoms. The topological polar surface area (TPSA) is 60.9 Å². The van der Waals surface area contributed by atoms with E-state index >= 15 is 0 Å². The van der Waals surface area contributed by atoms with Crippen LogP contribution in [0.15, 0.2) is 42.5 Å². The van der Waals surface area contributed by atoms with Gasteiger partial charge in [-0.2, -0.15) is 0 Å². The molecular weight excluding hydrogens is 402 g/mol. The summed E-state index contributed by atoms with van der Waals surface area (Å²) in [7, 11) is 0. The van der Waals surface area contributed by atoms with Crippen molar-refractivity contribution in [3.8, 4) is 0 Å². The van der Waals surface area contributed by atoms with Crippen molar-refractivity contribution in [1.29, 1.82) is 0 Å². The summed E-state index contributed by atoms with van der Waals surface area (Å²) < 4.78 is 0. The normalized spacial score (nSPS) is 31.1. The number of imide groups is 1. The van der Waals surface area contributed by atoms with Crippen LogP contribution in [0.2, 0.25) is 0 Å². The van der Waals surface area contributed by atoms with Crippen molar-refractivity contribution in [1.82, 2.24) is 4.90 Å². The van der Waals surface area contributed by atoms with E-state index in [0.29, 0.717) is 12.2 Å². The van der Waals surface area contributed by atoms with Gasteiger partial charge in [-0.05, 0) is 57.9 Å². The number of carbonyl (C=O) groups excluding carboxylic acids is 3. The second-order valence-corrected chi connectivity index (χ2v) is 9.54. The summed E-state index contributed by atoms with van der Waals surface area (Å²) in [4.78, 5) is 47.4. The van der Waals surface area contributed by atoms with Crippen LogP contribution in [0.25, 0.3) is 0 Å². The highest BCUT2D eigenvalue weighted by Gasteiger charge is 2.75. The maximum Gasteiger partial charge on any atom is 0.253 e. The highest BCUT2D eigenvalue weighted by molar-refractivity contribution is 6.26. The van der Waals surface area contributed by atoms with Gasteiger partial charge < -0.3 is 4.90 Å². The lowest BCUT2D eigenvalue weighted by Crippen LogP contribution is -2.56. The average molecular weight is 430 g/mol. The number of benzene rings is 2. The number of rotatable bonds is 2. The molecule has 1 spiro atoms. The molecule has 0 unspecified atom stereocenters. The van der Waals surface area contributed by atoms with Crippen LogP contribution in [0.5, 0.6) is 0 Å². The molecule has 2 aromatic rings. The maximum absolute atomic E-state index is 14.1. The minimum atomic E-state index is -1.08. The van der Waals surface area contributed by atoms with Gasteiger partial charge in [-0.3, -0.25) is 19.3 Å². The summed E-state index contributed by atoms with van der Waals surface area (Å²) in [6.45, 7) is 7.17. The van der Waals surface area contributed by atoms with Crippen molar-refractivity contribution >= 4 is 29.1 Å². The monoisotopic (exact) mass is 429 g/mol. The van der Waals surface area contributed by atoms with E-state index in [1.807, 2.05) is 63.2 Å². The van der Waals surface area contributed by atoms with Crippen molar-refractivity contribution in [3.05, 3.63) is 59.2 Å². The molecule has 2 aromatic carbocycles. The van der Waals surface area contributed by atoms with Gasteiger partial charge in [0.15, 0.2) is 0 Å². The first kappa shape index (κ1) is 19.7. The van der Waals surface area contributed by atoms with Gasteiger partial charge in [0.25, 0.3) is 5.91 Å². The summed E-state index contributed by atoms with van der Waals surface area (Å²) in [6, 6.07) is 13.5. The van der Waals surface area contributed by atoms with Crippen LogP contribution in [0.1, 0.15) is 36.5 Å². The number of carbonyl (C=O) groups is 3. The molecule has 6 nitrogen and oxygen atoms in total. The molecule has 0 bridgehead atoms. The first-order chi connectivity index (χ1) is 15.4. The minimum Gasteiger partial charge on any atom is -0.310 e. The molecule has 3 fully saturated rings. The lowest BCUT2D eigenvalue weighted by molar-refractivity contribution is -0.137. The Balaban J connectivity index is 1.57. The third kappa shape index (κ3) is 2.11. The van der Waals surface area contributed by atoms with Crippen molar-refractivity contribution in [3.63, 3.8) is 0 Å². The highest BCUT2D eigenvalue weighted by Crippen LogP contribution is 2.61. The Morgan fingerprint density at radius 3 is 2.53 bits per heavy atom. The SMILES string of the molecule is CCN1C(=O)[C@@]2(c3ccccc31)[C@@H]1C(=O)N(c3ccc(C)cc3C)C(=O)[C@@H]1[C@H]1CCCN12. The second kappa shape index (κ2) is 6.51. The Labute approximate surface area is 187 Å². The fourth-order valence-corrected chi connectivity index (χ4v) is 6.95. The van der Waals surface area contributed by atoms with Gasteiger partial charge in [0.1, 0.15) is 5.54 Å². The Hall–Kier alpha value is -2.99. The number of anilines is 2. The molecular formula is C26H27N3O3. The van der Waals surface area contributed by atoms with Crippen LogP contribution in [0.3, 0.4) is 0 Å². The van der Waals surface area contributed by atoms with E-state index in [1.165, 1.54) is 4.90 Å². The number of fused-ring (bicyclic) bond motifs is 7. The quantitative estimate of drug-likeness (QED) is 0.688. The summed E-state index contributed by atoms with van der Waals surface area (Å²) in [5.74, 6) is -1.61. The standard InChI is InChI=1S/C26H27N3O3/c1-4-27-19-9-6-5-8-17(19)26(25(27)32)22-21(20-10-7-13-28(20)26)23(30)29(24(22)31)18-12-11-15(2)14-16(18)3/h5-6,8-9,11-12,14,20-22H,4,7,10,13H2,1-3H3/t20-,21-,22+,26-/m1/s1. The predicted octanol–water partition coefficient (Wildman–Crippen LogP) is 3.15. The number of likely N-dealkylation sites (N-methyl/N-ethyl adjacent to an activating group) is 1. The van der Waals surface area contributed by atoms with E-state index in [1.54, 1.807) is 4.90 Å². The molecule has 164 valence electrons. The molecule has 0 saturated carbocycles. The van der Waals surface area contributed by atoms with Gasteiger partial charge in [0.05, 0.1) is 17.5 Å². The highest BCUT2D eigenvalue weighted by atomic mass is 16.2. The Bertz CT molecular complexity index is 1190. The molecule has 0 radical (unpaired) electrons. The van der Waals surface area contributed by atoms with Crippen molar-refractivity contribution in [2.75, 3.05) is 22.9 Å². The van der Waals surface area contributed by atoms with Gasteiger partial charge in [0.2, 0.25) is 11.8 Å². The molecule has 4 atom stereocenters. The van der Waals surface area contributed by atoms with Crippen LogP contribution in [-0.4, -0.2) is 41.8 Å². The Morgan fingerprint density at radius 2 is 1.78 bits per heavy atom. The smallest absolute Gasteiger partial charge is 0.253 e. The van der Waals surface area contributed by atoms with Crippen LogP contribution in [-0.2, 0) is 19.9 Å². The first-order valence-corrected chi connectivity index (χ1v) is 11.6. The van der Waals surface area contributed by atoms with E-state index in [4.69, 9.17) is 0 Å². The van der Waals surface area contributed by atoms with E-state index in [9.17, 15) is 14.4 Å². The maximum atomic E-state index is 14.1. The largest absolute Gasteiger partial charge is 0.310 e. The first-order valence-electron chi connectivity index (χ1n) is 11.6. The summed E-state index contributed by atoms with van der Waals surface area (Å²) >= 11 is 0. The second-order valence-electron chi connectivity index (χ2n) is 9.54. The van der Waals surface area contributed by atoms with Crippen LogP contribution < -0.4 is 9.80 Å². The molecule has 6 rings (SSSR count). The zero-order valence-electron chi connectivity index (χ0n) is 18.7. The third-order valence-corrected chi connectivity index (χ3v) is 8.05. The molecule has 0 aliphatic carbocycles. The zero-order valence-corrected chi connectivity index (χ0v) is 18.7. The van der Waals surface area contributed by atoms with E-state index in [0.717, 1.165) is 41.8 Å². The van der Waals surface area contributed by atoms with Crippen molar-refractivity contribution in [2.45, 2.75) is 45.2 Å². The predicted molar refractivity (Wildman–Crippen MR) is 121 cm³/mol. The molecule has 0 aromatic heterocycles. The fraction of sp³-hybridized carbons (Fsp3) is 0.423. The van der Waals surface area contributed by atoms with Crippen molar-refractivity contribution in [2.24, 2.45) is 11.8 Å². The zero-order chi connectivity index (χ0) is 22.4. The van der Waals surface area contributed by atoms with Crippen LogP contribution in [0.4, 0.5) is 11.4 Å². The number of nitrogens with zero attached hydrogens (tertiary/aromatic N) is 3. The number of aryl methyl sites for hydroxylation is 2. The van der Waals surface area contributed by atoms with Gasteiger partial charge >= 0.3 is 0 Å². The molecule has 3 saturated heterocycles. The van der Waals surface area contributed by atoms with Crippen LogP contribution >= 0.6 is 0 Å². The van der Waals surface area contributed by atoms with Gasteiger partial charge in [-0.15, -0.1) is 0 Å². The molecule has 32 heavy (non-hydrogen) atoms. The molecule has 4 aliphatic heterocycles. The Kier molecular flexibility index (Phi) is 4.01. The number of hydrogen-bond donors (Lipinski definition) is 0. The van der Waals surface area contributed by atoms with E-state index in [-0.39, 0.29) is 23.8 Å². The summed E-state index contributed by atoms with van der Waals surface area (Å²) in [5.41, 5.74) is 3.30. The summed E-state index contributed by atoms with van der Waals surface area (Å²) in [5, 5.41) is 0. The number of amides is 3. The average Bonchev–Trinajstić information content (AvgIpc) is 3.47. The third-order valence-electron chi connectivity index (χ3n) is 8.05. The Morgan fingerprint density at radius 1 is 1.00 bits per heavy atom. The minimum absolute atomic E-state index is 0.0516. The van der Waals surface area contributed by atoms with Crippen molar-refractivity contribution < 1.29 is 14.4 Å². The lowest BCUT2D eigenvalue weighted by Gasteiger charge is -2.37. The fourth-order valence-electron chi connectivity index (χ4n) is 6.95. The van der Waals surface area contributed by atoms with Crippen LogP contribution in [0, 0.1) is 25.7 Å². The number of para-hydroxylation sites is 1. The van der Waals surface area contributed by atoms with E-state index in [2.05, 4.69) is 4.90 Å². The number of hydrogen-bond acceptors (Lipinski definition) is 4.